The topological polar surface area (TPSA) is 71.5 Å². The summed E-state index contributed by atoms with van der Waals surface area (Å²) in [5, 5.41) is 6.55. The summed E-state index contributed by atoms with van der Waals surface area (Å²) < 4.78 is 47.5. The molecule has 0 atom stereocenters. The maximum atomic E-state index is 12.7. The van der Waals surface area contributed by atoms with Crippen LogP contribution in [0.5, 0.6) is 5.75 Å². The molecule has 0 amide bonds. The zero-order chi connectivity index (χ0) is 23.5. The van der Waals surface area contributed by atoms with E-state index < -0.39 is 6.36 Å². The lowest BCUT2D eigenvalue weighted by Crippen LogP contribution is -2.36. The fourth-order valence-corrected chi connectivity index (χ4v) is 3.71. The first kappa shape index (κ1) is 22.3. The van der Waals surface area contributed by atoms with Crippen molar-refractivity contribution >= 4 is 23.1 Å². The largest absolute Gasteiger partial charge is 0.573 e. The van der Waals surface area contributed by atoms with Gasteiger partial charge in [0.15, 0.2) is 0 Å². The standard InChI is InChI=1S/C24H24F3N5O2/c25-24(26,27)34-20-3-1-2-16(14-20)21-15-22(31-23(30-21)29-18-4-5-18)28-17-6-8-19(9-7-17)32-10-12-33-13-11-32/h1-3,6-9,14-15,18H,4-5,10-13H2,(H2,28,29,30,31). The molecule has 1 aliphatic carbocycles. The van der Waals surface area contributed by atoms with Crippen molar-refractivity contribution in [2.45, 2.75) is 25.2 Å². The van der Waals surface area contributed by atoms with Gasteiger partial charge in [-0.3, -0.25) is 0 Å². The molecule has 178 valence electrons. The molecule has 2 N–H and O–H groups in total. The van der Waals surface area contributed by atoms with Crippen LogP contribution in [0.4, 0.5) is 36.3 Å². The summed E-state index contributed by atoms with van der Waals surface area (Å²) in [7, 11) is 0. The highest BCUT2D eigenvalue weighted by Gasteiger charge is 2.31. The molecule has 0 radical (unpaired) electrons. The first-order valence-electron chi connectivity index (χ1n) is 11.1. The molecule has 2 fully saturated rings. The molecular formula is C24H24F3N5O2. The average molecular weight is 471 g/mol. The van der Waals surface area contributed by atoms with Gasteiger partial charge in [0.2, 0.25) is 5.95 Å². The number of rotatable bonds is 7. The highest BCUT2D eigenvalue weighted by molar-refractivity contribution is 5.69. The smallest absolute Gasteiger partial charge is 0.406 e. The van der Waals surface area contributed by atoms with Crippen LogP contribution >= 0.6 is 0 Å². The van der Waals surface area contributed by atoms with Crippen LogP contribution in [-0.4, -0.2) is 48.7 Å². The van der Waals surface area contributed by atoms with Crippen LogP contribution in [-0.2, 0) is 4.74 Å². The van der Waals surface area contributed by atoms with Crippen LogP contribution in [0.3, 0.4) is 0 Å². The maximum Gasteiger partial charge on any atom is 0.573 e. The maximum absolute atomic E-state index is 12.7. The summed E-state index contributed by atoms with van der Waals surface area (Å²) in [6.07, 6.45) is -2.69. The minimum atomic E-state index is -4.76. The lowest BCUT2D eigenvalue weighted by atomic mass is 10.1. The Morgan fingerprint density at radius 2 is 1.74 bits per heavy atom. The van der Waals surface area contributed by atoms with Crippen molar-refractivity contribution in [3.8, 4) is 17.0 Å². The number of halogens is 3. The normalized spacial score (nSPS) is 16.3. The van der Waals surface area contributed by atoms with Gasteiger partial charge in [0.25, 0.3) is 0 Å². The van der Waals surface area contributed by atoms with Crippen LogP contribution in [0, 0.1) is 0 Å². The van der Waals surface area contributed by atoms with E-state index in [1.54, 1.807) is 12.1 Å². The molecule has 1 saturated heterocycles. The highest BCUT2D eigenvalue weighted by Crippen LogP contribution is 2.31. The van der Waals surface area contributed by atoms with E-state index in [0.717, 1.165) is 50.5 Å². The second kappa shape index (κ2) is 9.38. The number of hydrogen-bond acceptors (Lipinski definition) is 7. The van der Waals surface area contributed by atoms with E-state index in [2.05, 4.69) is 30.2 Å². The monoisotopic (exact) mass is 471 g/mol. The van der Waals surface area contributed by atoms with Crippen LogP contribution < -0.4 is 20.3 Å². The fraction of sp³-hybridized carbons (Fsp3) is 0.333. The molecule has 5 rings (SSSR count). The van der Waals surface area contributed by atoms with Gasteiger partial charge in [0.1, 0.15) is 11.6 Å². The quantitative estimate of drug-likeness (QED) is 0.491. The van der Waals surface area contributed by atoms with Gasteiger partial charge in [-0.05, 0) is 49.2 Å². The molecule has 7 nitrogen and oxygen atoms in total. The molecule has 3 aromatic rings. The van der Waals surface area contributed by atoms with Gasteiger partial charge >= 0.3 is 6.36 Å². The molecule has 10 heteroatoms. The van der Waals surface area contributed by atoms with Gasteiger partial charge in [-0.15, -0.1) is 13.2 Å². The Labute approximate surface area is 194 Å². The van der Waals surface area contributed by atoms with Crippen LogP contribution in [0.25, 0.3) is 11.3 Å². The average Bonchev–Trinajstić information content (AvgIpc) is 3.63. The number of nitrogens with one attached hydrogen (secondary N) is 2. The van der Waals surface area contributed by atoms with Crippen molar-refractivity contribution in [1.29, 1.82) is 0 Å². The van der Waals surface area contributed by atoms with Gasteiger partial charge in [0, 0.05) is 42.1 Å². The molecule has 34 heavy (non-hydrogen) atoms. The SMILES string of the molecule is FC(F)(F)Oc1cccc(-c2cc(Nc3ccc(N4CCOCC4)cc3)nc(NC3CC3)n2)c1. The Morgan fingerprint density at radius 3 is 2.44 bits per heavy atom. The lowest BCUT2D eigenvalue weighted by molar-refractivity contribution is -0.274. The number of morpholine rings is 1. The number of nitrogens with zero attached hydrogens (tertiary/aromatic N) is 3. The number of anilines is 4. The second-order valence-electron chi connectivity index (χ2n) is 8.23. The Balaban J connectivity index is 1.39. The number of alkyl halides is 3. The molecule has 0 bridgehead atoms. The molecule has 0 unspecified atom stereocenters. The summed E-state index contributed by atoms with van der Waals surface area (Å²) in [5.74, 6) is 0.664. The summed E-state index contributed by atoms with van der Waals surface area (Å²) in [4.78, 5) is 11.3. The fourth-order valence-electron chi connectivity index (χ4n) is 3.71. The third kappa shape index (κ3) is 5.88. The van der Waals surface area contributed by atoms with Gasteiger partial charge in [-0.1, -0.05) is 12.1 Å². The van der Waals surface area contributed by atoms with Crippen molar-refractivity contribution in [2.75, 3.05) is 41.8 Å². The predicted octanol–water partition coefficient (Wildman–Crippen LogP) is 5.20. The van der Waals surface area contributed by atoms with Gasteiger partial charge in [-0.25, -0.2) is 4.98 Å². The van der Waals surface area contributed by atoms with Crippen LogP contribution in [0.15, 0.2) is 54.6 Å². The van der Waals surface area contributed by atoms with E-state index >= 15 is 0 Å². The summed E-state index contributed by atoms with van der Waals surface area (Å²) >= 11 is 0. The highest BCUT2D eigenvalue weighted by atomic mass is 19.4. The van der Waals surface area contributed by atoms with E-state index in [4.69, 9.17) is 4.74 Å². The molecule has 2 heterocycles. The van der Waals surface area contributed by atoms with E-state index in [1.807, 2.05) is 24.3 Å². The van der Waals surface area contributed by atoms with E-state index in [-0.39, 0.29) is 5.75 Å². The minimum absolute atomic E-state index is 0.298. The van der Waals surface area contributed by atoms with Crippen molar-refractivity contribution < 1.29 is 22.6 Å². The van der Waals surface area contributed by atoms with Crippen LogP contribution in [0.1, 0.15) is 12.8 Å². The summed E-state index contributed by atoms with van der Waals surface area (Å²) in [6, 6.07) is 15.8. The van der Waals surface area contributed by atoms with E-state index in [0.29, 0.717) is 29.1 Å². The van der Waals surface area contributed by atoms with Crippen LogP contribution in [0.2, 0.25) is 0 Å². The number of aromatic nitrogens is 2. The van der Waals surface area contributed by atoms with Crippen molar-refractivity contribution in [3.05, 3.63) is 54.6 Å². The number of benzene rings is 2. The number of ether oxygens (including phenoxy) is 2. The predicted molar refractivity (Wildman–Crippen MR) is 124 cm³/mol. The van der Waals surface area contributed by atoms with Gasteiger partial charge in [-0.2, -0.15) is 4.98 Å². The van der Waals surface area contributed by atoms with E-state index in [1.165, 1.54) is 18.2 Å². The first-order chi connectivity index (χ1) is 16.4. The Hall–Kier alpha value is -3.53. The molecule has 2 aliphatic rings. The molecular weight excluding hydrogens is 447 g/mol. The summed E-state index contributed by atoms with van der Waals surface area (Å²) in [5.41, 5.74) is 2.94. The molecule has 1 aliphatic heterocycles. The Kier molecular flexibility index (Phi) is 6.14. The molecule has 1 aromatic heterocycles. The lowest BCUT2D eigenvalue weighted by Gasteiger charge is -2.28. The summed E-state index contributed by atoms with van der Waals surface area (Å²) in [6.45, 7) is 3.15. The Bertz CT molecular complexity index is 1130. The van der Waals surface area contributed by atoms with Crippen molar-refractivity contribution in [1.82, 2.24) is 9.97 Å². The van der Waals surface area contributed by atoms with Crippen molar-refractivity contribution in [3.63, 3.8) is 0 Å². The Morgan fingerprint density at radius 1 is 0.971 bits per heavy atom. The second-order valence-corrected chi connectivity index (χ2v) is 8.23. The van der Waals surface area contributed by atoms with Gasteiger partial charge < -0.3 is 25.0 Å². The number of hydrogen-bond donors (Lipinski definition) is 2. The molecule has 2 aromatic carbocycles. The minimum Gasteiger partial charge on any atom is -0.406 e. The molecule has 0 spiro atoms. The zero-order valence-corrected chi connectivity index (χ0v) is 18.3. The third-order valence-corrected chi connectivity index (χ3v) is 5.52. The van der Waals surface area contributed by atoms with Crippen molar-refractivity contribution in [2.24, 2.45) is 0 Å². The zero-order valence-electron chi connectivity index (χ0n) is 18.3. The van der Waals surface area contributed by atoms with Gasteiger partial charge in [0.05, 0.1) is 18.9 Å². The first-order valence-corrected chi connectivity index (χ1v) is 11.1. The van der Waals surface area contributed by atoms with E-state index in [9.17, 15) is 13.2 Å². The third-order valence-electron chi connectivity index (χ3n) is 5.52. The molecule has 1 saturated carbocycles.